The zero-order chi connectivity index (χ0) is 10.7. The molecule has 14 heavy (non-hydrogen) atoms. The van der Waals surface area contributed by atoms with Crippen molar-refractivity contribution in [2.45, 2.75) is 4.90 Å². The minimum atomic E-state index is -0.491. The molecule has 0 radical (unpaired) electrons. The van der Waals surface area contributed by atoms with Crippen molar-refractivity contribution >= 4 is 18.5 Å². The second-order valence-electron chi connectivity index (χ2n) is 2.85. The molecule has 1 aromatic heterocycles. The van der Waals surface area contributed by atoms with Gasteiger partial charge in [0.25, 0.3) is 5.56 Å². The van der Waals surface area contributed by atoms with Crippen LogP contribution < -0.4 is 16.3 Å². The van der Waals surface area contributed by atoms with Gasteiger partial charge in [0, 0.05) is 24.2 Å². The summed E-state index contributed by atoms with van der Waals surface area (Å²) in [6.45, 7) is -0.00811. The Bertz CT molecular complexity index is 402. The Balaban J connectivity index is 2.96. The van der Waals surface area contributed by atoms with Gasteiger partial charge in [-0.2, -0.15) is 0 Å². The molecule has 0 aliphatic heterocycles. The number of nitrogens with zero attached hydrogens (tertiary/aromatic N) is 2. The summed E-state index contributed by atoms with van der Waals surface area (Å²) in [5, 5.41) is 1.43. The highest BCUT2D eigenvalue weighted by Crippen LogP contribution is 1.98. The summed E-state index contributed by atoms with van der Waals surface area (Å²) in [6.07, 6.45) is 1.54. The van der Waals surface area contributed by atoms with Crippen molar-refractivity contribution in [2.75, 3.05) is 18.6 Å². The van der Waals surface area contributed by atoms with Crippen LogP contribution in [0.15, 0.2) is 28.0 Å². The van der Waals surface area contributed by atoms with E-state index in [9.17, 15) is 9.59 Å². The third-order valence-electron chi connectivity index (χ3n) is 1.64. The second kappa shape index (κ2) is 4.19. The van der Waals surface area contributed by atoms with Gasteiger partial charge in [0.15, 0.2) is 0 Å². The SMILES string of the molecule is CN(CC(N)=O)n1ccc(S)cc1=O. The highest BCUT2D eigenvalue weighted by molar-refractivity contribution is 7.80. The van der Waals surface area contributed by atoms with Crippen LogP contribution in [0.5, 0.6) is 0 Å². The molecule has 0 spiro atoms. The summed E-state index contributed by atoms with van der Waals surface area (Å²) in [7, 11) is 1.60. The largest absolute Gasteiger partial charge is 0.368 e. The van der Waals surface area contributed by atoms with E-state index in [2.05, 4.69) is 12.6 Å². The minimum Gasteiger partial charge on any atom is -0.368 e. The number of primary amides is 1. The van der Waals surface area contributed by atoms with Crippen LogP contribution in [-0.2, 0) is 4.79 Å². The van der Waals surface area contributed by atoms with E-state index in [1.165, 1.54) is 21.9 Å². The Kier molecular flexibility index (Phi) is 3.19. The van der Waals surface area contributed by atoms with Crippen molar-refractivity contribution in [1.29, 1.82) is 0 Å². The molecular weight excluding hydrogens is 202 g/mol. The number of carbonyl (C=O) groups excluding carboxylic acids is 1. The molecule has 1 amide bonds. The molecule has 5 nitrogen and oxygen atoms in total. The normalized spacial score (nSPS) is 9.86. The van der Waals surface area contributed by atoms with Crippen LogP contribution in [0.4, 0.5) is 0 Å². The average molecular weight is 213 g/mol. The molecule has 1 heterocycles. The molecule has 0 atom stereocenters. The molecule has 0 saturated carbocycles. The summed E-state index contributed by atoms with van der Waals surface area (Å²) >= 11 is 4.02. The van der Waals surface area contributed by atoms with Crippen molar-refractivity contribution in [2.24, 2.45) is 5.73 Å². The van der Waals surface area contributed by atoms with Crippen LogP contribution in [0.25, 0.3) is 0 Å². The molecule has 0 saturated heterocycles. The highest BCUT2D eigenvalue weighted by atomic mass is 32.1. The van der Waals surface area contributed by atoms with Crippen molar-refractivity contribution in [3.8, 4) is 0 Å². The summed E-state index contributed by atoms with van der Waals surface area (Å²) in [4.78, 5) is 22.6. The van der Waals surface area contributed by atoms with E-state index in [0.717, 1.165) is 0 Å². The number of amides is 1. The summed E-state index contributed by atoms with van der Waals surface area (Å²) in [6, 6.07) is 3.02. The maximum Gasteiger partial charge on any atom is 0.270 e. The van der Waals surface area contributed by atoms with E-state index in [-0.39, 0.29) is 12.1 Å². The maximum absolute atomic E-state index is 11.4. The number of rotatable bonds is 3. The van der Waals surface area contributed by atoms with Crippen LogP contribution in [0.1, 0.15) is 0 Å². The third kappa shape index (κ3) is 2.53. The maximum atomic E-state index is 11.4. The lowest BCUT2D eigenvalue weighted by molar-refractivity contribution is -0.116. The Morgan fingerprint density at radius 3 is 2.86 bits per heavy atom. The quantitative estimate of drug-likeness (QED) is 0.645. The first-order chi connectivity index (χ1) is 6.50. The van der Waals surface area contributed by atoms with Crippen molar-refractivity contribution in [3.05, 3.63) is 28.7 Å². The van der Waals surface area contributed by atoms with E-state index >= 15 is 0 Å². The number of hydrogen-bond acceptors (Lipinski definition) is 4. The monoisotopic (exact) mass is 213 g/mol. The zero-order valence-corrected chi connectivity index (χ0v) is 8.57. The molecule has 2 N–H and O–H groups in total. The molecule has 1 aromatic rings. The summed E-state index contributed by atoms with van der Waals surface area (Å²) in [5.41, 5.74) is 4.75. The molecule has 0 unspecified atom stereocenters. The predicted octanol–water partition coefficient (Wildman–Crippen LogP) is -0.810. The fourth-order valence-electron chi connectivity index (χ4n) is 1.04. The lowest BCUT2D eigenvalue weighted by Crippen LogP contribution is -2.43. The number of thiol groups is 1. The van der Waals surface area contributed by atoms with Crippen LogP contribution in [0.3, 0.4) is 0 Å². The molecule has 76 valence electrons. The van der Waals surface area contributed by atoms with Gasteiger partial charge in [0.05, 0.1) is 0 Å². The third-order valence-corrected chi connectivity index (χ3v) is 1.91. The first-order valence-electron chi connectivity index (χ1n) is 3.92. The van der Waals surface area contributed by atoms with Crippen molar-refractivity contribution in [3.63, 3.8) is 0 Å². The molecule has 0 aliphatic rings. The van der Waals surface area contributed by atoms with E-state index in [4.69, 9.17) is 5.73 Å². The molecule has 0 aliphatic carbocycles. The Morgan fingerprint density at radius 1 is 1.71 bits per heavy atom. The van der Waals surface area contributed by atoms with E-state index in [1.807, 2.05) is 0 Å². The summed E-state index contributed by atoms with van der Waals surface area (Å²) in [5.74, 6) is -0.491. The van der Waals surface area contributed by atoms with Crippen LogP contribution in [0, 0.1) is 0 Å². The standard InChI is InChI=1S/C8H11N3O2S/c1-10(5-7(9)12)11-3-2-6(14)4-8(11)13/h2-4,14H,5H2,1H3,(H2,9,12). The van der Waals surface area contributed by atoms with Gasteiger partial charge < -0.3 is 10.7 Å². The molecule has 1 rings (SSSR count). The van der Waals surface area contributed by atoms with Crippen LogP contribution in [-0.4, -0.2) is 24.2 Å². The second-order valence-corrected chi connectivity index (χ2v) is 3.37. The first-order valence-corrected chi connectivity index (χ1v) is 4.37. The van der Waals surface area contributed by atoms with E-state index in [0.29, 0.717) is 4.90 Å². The number of pyridine rings is 1. The predicted molar refractivity (Wildman–Crippen MR) is 56.2 cm³/mol. The molecular formula is C8H11N3O2S. The number of aromatic nitrogens is 1. The van der Waals surface area contributed by atoms with Gasteiger partial charge >= 0.3 is 0 Å². The van der Waals surface area contributed by atoms with Gasteiger partial charge in [-0.3, -0.25) is 9.59 Å². The minimum absolute atomic E-state index is 0.00811. The lowest BCUT2D eigenvalue weighted by Gasteiger charge is -2.19. The number of nitrogens with two attached hydrogens (primary N) is 1. The smallest absolute Gasteiger partial charge is 0.270 e. The van der Waals surface area contributed by atoms with Gasteiger partial charge in [0.2, 0.25) is 5.91 Å². The van der Waals surface area contributed by atoms with E-state index in [1.54, 1.807) is 13.1 Å². The van der Waals surface area contributed by atoms with E-state index < -0.39 is 5.91 Å². The molecule has 0 bridgehead atoms. The fourth-order valence-corrected chi connectivity index (χ4v) is 1.22. The van der Waals surface area contributed by atoms with Gasteiger partial charge in [-0.1, -0.05) is 0 Å². The topological polar surface area (TPSA) is 68.3 Å². The van der Waals surface area contributed by atoms with Gasteiger partial charge in [-0.05, 0) is 6.07 Å². The Labute approximate surface area is 86.5 Å². The van der Waals surface area contributed by atoms with Crippen LogP contribution >= 0.6 is 12.6 Å². The average Bonchev–Trinajstić information content (AvgIpc) is 2.01. The van der Waals surface area contributed by atoms with Gasteiger partial charge in [0.1, 0.15) is 6.54 Å². The highest BCUT2D eigenvalue weighted by Gasteiger charge is 2.04. The summed E-state index contributed by atoms with van der Waals surface area (Å²) < 4.78 is 1.30. The molecule has 0 aromatic carbocycles. The molecule has 6 heteroatoms. The lowest BCUT2D eigenvalue weighted by atomic mass is 10.5. The number of hydrogen-bond donors (Lipinski definition) is 2. The Hall–Kier alpha value is -1.43. The van der Waals surface area contributed by atoms with Crippen LogP contribution in [0.2, 0.25) is 0 Å². The first kappa shape index (κ1) is 10.6. The molecule has 0 fully saturated rings. The zero-order valence-electron chi connectivity index (χ0n) is 7.67. The number of likely N-dealkylation sites (N-methyl/N-ethyl adjacent to an activating group) is 1. The van der Waals surface area contributed by atoms with Gasteiger partial charge in [-0.15, -0.1) is 12.6 Å². The van der Waals surface area contributed by atoms with Gasteiger partial charge in [-0.25, -0.2) is 4.68 Å². The van der Waals surface area contributed by atoms with Crippen molar-refractivity contribution in [1.82, 2.24) is 4.68 Å². The van der Waals surface area contributed by atoms with Crippen molar-refractivity contribution < 1.29 is 4.79 Å². The number of carbonyl (C=O) groups is 1. The fraction of sp³-hybridized carbons (Fsp3) is 0.250. The Morgan fingerprint density at radius 2 is 2.36 bits per heavy atom.